The Bertz CT molecular complexity index is 482. The molecule has 6 heteroatoms. The van der Waals surface area contributed by atoms with Gasteiger partial charge in [0, 0.05) is 18.8 Å². The average molecular weight is 261 g/mol. The van der Waals surface area contributed by atoms with E-state index in [2.05, 4.69) is 21.5 Å². The van der Waals surface area contributed by atoms with Crippen molar-refractivity contribution in [2.75, 3.05) is 0 Å². The molecule has 0 aromatic carbocycles. The van der Waals surface area contributed by atoms with Crippen LogP contribution < -0.4 is 10.6 Å². The number of carboxylic acid groups (broad SMARTS) is 1. The van der Waals surface area contributed by atoms with Gasteiger partial charge in [-0.05, 0) is 24.6 Å². The average Bonchev–Trinajstić information content (AvgIpc) is 2.39. The van der Waals surface area contributed by atoms with Gasteiger partial charge >= 0.3 is 12.0 Å². The van der Waals surface area contributed by atoms with Crippen molar-refractivity contribution in [1.82, 2.24) is 15.6 Å². The Morgan fingerprint density at radius 3 is 2.58 bits per heavy atom. The maximum absolute atomic E-state index is 11.6. The predicted molar refractivity (Wildman–Crippen MR) is 69.2 cm³/mol. The van der Waals surface area contributed by atoms with Gasteiger partial charge in [-0.25, -0.2) is 9.59 Å². The molecule has 19 heavy (non-hydrogen) atoms. The third-order valence-electron chi connectivity index (χ3n) is 2.48. The number of rotatable bonds is 5. The lowest BCUT2D eigenvalue weighted by Gasteiger charge is -2.17. The van der Waals surface area contributed by atoms with E-state index < -0.39 is 18.0 Å². The quantitative estimate of drug-likeness (QED) is 0.687. The summed E-state index contributed by atoms with van der Waals surface area (Å²) in [6.07, 6.45) is 8.21. The standard InChI is InChI=1S/C13H15N3O3/c1-3-4-11(12(17)18)16-13(19)15-9(2)10-5-7-14-8-6-10/h1,5-9,11H,4H2,2H3,(H,17,18)(H2,15,16,19). The molecule has 0 aliphatic rings. The van der Waals surface area contributed by atoms with Crippen molar-refractivity contribution in [1.29, 1.82) is 0 Å². The second-order valence-electron chi connectivity index (χ2n) is 3.92. The highest BCUT2D eigenvalue weighted by Gasteiger charge is 2.19. The van der Waals surface area contributed by atoms with Crippen LogP contribution >= 0.6 is 0 Å². The van der Waals surface area contributed by atoms with Crippen LogP contribution in [0.4, 0.5) is 4.79 Å². The van der Waals surface area contributed by atoms with Crippen molar-refractivity contribution in [3.63, 3.8) is 0 Å². The van der Waals surface area contributed by atoms with Gasteiger partial charge < -0.3 is 15.7 Å². The van der Waals surface area contributed by atoms with E-state index in [1.54, 1.807) is 31.5 Å². The van der Waals surface area contributed by atoms with E-state index in [0.717, 1.165) is 5.56 Å². The van der Waals surface area contributed by atoms with Gasteiger partial charge in [0.15, 0.2) is 0 Å². The van der Waals surface area contributed by atoms with E-state index in [4.69, 9.17) is 11.5 Å². The lowest BCUT2D eigenvalue weighted by atomic mass is 10.1. The summed E-state index contributed by atoms with van der Waals surface area (Å²) in [5.41, 5.74) is 0.869. The summed E-state index contributed by atoms with van der Waals surface area (Å²) >= 11 is 0. The molecule has 1 aromatic heterocycles. The van der Waals surface area contributed by atoms with Crippen molar-refractivity contribution in [2.24, 2.45) is 0 Å². The summed E-state index contributed by atoms with van der Waals surface area (Å²) < 4.78 is 0. The molecule has 2 unspecified atom stereocenters. The number of hydrogen-bond acceptors (Lipinski definition) is 3. The number of aromatic nitrogens is 1. The Balaban J connectivity index is 2.55. The van der Waals surface area contributed by atoms with Crippen LogP contribution in [0.25, 0.3) is 0 Å². The first-order valence-corrected chi connectivity index (χ1v) is 5.67. The van der Waals surface area contributed by atoms with Gasteiger partial charge in [-0.2, -0.15) is 0 Å². The first-order chi connectivity index (χ1) is 9.04. The molecule has 0 aliphatic heterocycles. The van der Waals surface area contributed by atoms with Crippen LogP contribution in [-0.2, 0) is 4.79 Å². The van der Waals surface area contributed by atoms with Crippen LogP contribution in [-0.4, -0.2) is 28.1 Å². The molecule has 3 N–H and O–H groups in total. The number of nitrogens with zero attached hydrogens (tertiary/aromatic N) is 1. The molecule has 0 spiro atoms. The van der Waals surface area contributed by atoms with Crippen molar-refractivity contribution in [2.45, 2.75) is 25.4 Å². The monoisotopic (exact) mass is 261 g/mol. The number of aliphatic carboxylic acids is 1. The topological polar surface area (TPSA) is 91.3 Å². The highest BCUT2D eigenvalue weighted by atomic mass is 16.4. The number of urea groups is 1. The Hall–Kier alpha value is -2.55. The van der Waals surface area contributed by atoms with E-state index in [9.17, 15) is 9.59 Å². The van der Waals surface area contributed by atoms with Crippen LogP contribution in [0.1, 0.15) is 24.9 Å². The Morgan fingerprint density at radius 1 is 1.42 bits per heavy atom. The Morgan fingerprint density at radius 2 is 2.05 bits per heavy atom. The molecule has 1 aromatic rings. The van der Waals surface area contributed by atoms with Crippen molar-refractivity contribution in [3.05, 3.63) is 30.1 Å². The second-order valence-corrected chi connectivity index (χ2v) is 3.92. The lowest BCUT2D eigenvalue weighted by molar-refractivity contribution is -0.139. The number of carbonyl (C=O) groups is 2. The minimum atomic E-state index is -1.16. The van der Waals surface area contributed by atoms with Crippen LogP contribution in [0.15, 0.2) is 24.5 Å². The van der Waals surface area contributed by atoms with Gasteiger partial charge in [0.05, 0.1) is 6.04 Å². The minimum Gasteiger partial charge on any atom is -0.480 e. The smallest absolute Gasteiger partial charge is 0.327 e. The Kier molecular flexibility index (Phi) is 5.35. The van der Waals surface area contributed by atoms with E-state index in [0.29, 0.717) is 0 Å². The Labute approximate surface area is 111 Å². The number of hydrogen-bond donors (Lipinski definition) is 3. The minimum absolute atomic E-state index is 0.0631. The molecule has 6 nitrogen and oxygen atoms in total. The molecule has 0 fully saturated rings. The molecule has 100 valence electrons. The normalized spacial score (nSPS) is 12.8. The fourth-order valence-electron chi connectivity index (χ4n) is 1.45. The largest absolute Gasteiger partial charge is 0.480 e. The third-order valence-corrected chi connectivity index (χ3v) is 2.48. The van der Waals surface area contributed by atoms with Crippen LogP contribution in [0.2, 0.25) is 0 Å². The summed E-state index contributed by atoms with van der Waals surface area (Å²) in [6.45, 7) is 1.78. The molecule has 1 rings (SSSR count). The fourth-order valence-corrected chi connectivity index (χ4v) is 1.45. The molecule has 1 heterocycles. The van der Waals surface area contributed by atoms with Crippen LogP contribution in [0.5, 0.6) is 0 Å². The summed E-state index contributed by atoms with van der Waals surface area (Å²) in [5.74, 6) is 1.05. The molecule has 0 bridgehead atoms. The molecule has 0 saturated carbocycles. The number of pyridine rings is 1. The van der Waals surface area contributed by atoms with E-state index >= 15 is 0 Å². The first-order valence-electron chi connectivity index (χ1n) is 5.67. The van der Waals surface area contributed by atoms with Gasteiger partial charge in [0.1, 0.15) is 6.04 Å². The number of carboxylic acids is 1. The number of carbonyl (C=O) groups excluding carboxylic acids is 1. The zero-order valence-corrected chi connectivity index (χ0v) is 10.5. The first kappa shape index (κ1) is 14.5. The van der Waals surface area contributed by atoms with Gasteiger partial charge in [-0.1, -0.05) is 0 Å². The number of nitrogens with one attached hydrogen (secondary N) is 2. The molecule has 0 radical (unpaired) electrons. The van der Waals surface area contributed by atoms with Crippen LogP contribution in [0, 0.1) is 12.3 Å². The van der Waals surface area contributed by atoms with Crippen molar-refractivity contribution < 1.29 is 14.7 Å². The maximum Gasteiger partial charge on any atom is 0.327 e. The molecule has 2 atom stereocenters. The van der Waals surface area contributed by atoms with Crippen molar-refractivity contribution in [3.8, 4) is 12.3 Å². The molecular weight excluding hydrogens is 246 g/mol. The molecule has 0 aliphatic carbocycles. The SMILES string of the molecule is C#CCC(NC(=O)NC(C)c1ccncc1)C(=O)O. The van der Waals surface area contributed by atoms with Gasteiger partial charge in [-0.3, -0.25) is 4.98 Å². The van der Waals surface area contributed by atoms with E-state index in [1.807, 2.05) is 0 Å². The van der Waals surface area contributed by atoms with E-state index in [1.165, 1.54) is 0 Å². The van der Waals surface area contributed by atoms with Gasteiger partial charge in [0.2, 0.25) is 0 Å². The van der Waals surface area contributed by atoms with Gasteiger partial charge in [0.25, 0.3) is 0 Å². The van der Waals surface area contributed by atoms with E-state index in [-0.39, 0.29) is 12.5 Å². The van der Waals surface area contributed by atoms with Crippen molar-refractivity contribution >= 4 is 12.0 Å². The second kappa shape index (κ2) is 7.01. The summed E-state index contributed by atoms with van der Waals surface area (Å²) in [7, 11) is 0. The number of amides is 2. The zero-order chi connectivity index (χ0) is 14.3. The lowest BCUT2D eigenvalue weighted by Crippen LogP contribution is -2.46. The third kappa shape index (κ3) is 4.68. The predicted octanol–water partition coefficient (Wildman–Crippen LogP) is 0.918. The number of terminal acetylenes is 1. The highest BCUT2D eigenvalue weighted by molar-refractivity contribution is 5.82. The highest BCUT2D eigenvalue weighted by Crippen LogP contribution is 2.09. The summed E-state index contributed by atoms with van der Waals surface area (Å²) in [6, 6.07) is 1.60. The zero-order valence-electron chi connectivity index (χ0n) is 10.5. The molecular formula is C13H15N3O3. The fraction of sp³-hybridized carbons (Fsp3) is 0.308. The maximum atomic E-state index is 11.6. The van der Waals surface area contributed by atoms with Crippen LogP contribution in [0.3, 0.4) is 0 Å². The molecule has 0 saturated heterocycles. The van der Waals surface area contributed by atoms with Gasteiger partial charge in [-0.15, -0.1) is 12.3 Å². The molecule has 2 amide bonds. The summed E-state index contributed by atoms with van der Waals surface area (Å²) in [4.78, 5) is 26.4. The summed E-state index contributed by atoms with van der Waals surface area (Å²) in [5, 5.41) is 13.8.